The third-order valence-corrected chi connectivity index (χ3v) is 6.63. The Morgan fingerprint density at radius 1 is 1.28 bits per heavy atom. The van der Waals surface area contributed by atoms with Crippen LogP contribution in [0.1, 0.15) is 5.56 Å². The van der Waals surface area contributed by atoms with Crippen LogP contribution >= 0.6 is 23.2 Å². The lowest BCUT2D eigenvalue weighted by Crippen LogP contribution is -2.33. The molecule has 134 valence electrons. The first kappa shape index (κ1) is 18.2. The lowest BCUT2D eigenvalue weighted by molar-refractivity contribution is 0.520. The van der Waals surface area contributed by atoms with Gasteiger partial charge >= 0.3 is 0 Å². The molecule has 0 N–H and O–H groups in total. The van der Waals surface area contributed by atoms with Gasteiger partial charge in [0.1, 0.15) is 11.7 Å². The van der Waals surface area contributed by atoms with E-state index >= 15 is 0 Å². The van der Waals surface area contributed by atoms with Crippen LogP contribution in [-0.4, -0.2) is 43.1 Å². The number of fused-ring (bicyclic) bond motifs is 1. The van der Waals surface area contributed by atoms with Crippen molar-refractivity contribution in [2.75, 3.05) is 25.5 Å². The Hall–Kier alpha value is -1.61. The molecule has 1 aliphatic heterocycles. The maximum atomic E-state index is 12.2. The third kappa shape index (κ3) is 3.27. The van der Waals surface area contributed by atoms with Gasteiger partial charge in [0.15, 0.2) is 0 Å². The molecule has 0 unspecified atom stereocenters. The van der Waals surface area contributed by atoms with Gasteiger partial charge in [0.2, 0.25) is 10.0 Å². The number of halogens is 2. The Morgan fingerprint density at radius 3 is 2.68 bits per heavy atom. The van der Waals surface area contributed by atoms with Gasteiger partial charge in [-0.3, -0.25) is 4.79 Å². The van der Waals surface area contributed by atoms with Crippen LogP contribution in [0.2, 0.25) is 10.0 Å². The molecule has 1 aromatic carbocycles. The van der Waals surface area contributed by atoms with Gasteiger partial charge in [-0.05, 0) is 30.2 Å². The summed E-state index contributed by atoms with van der Waals surface area (Å²) in [6, 6.07) is 4.99. The average Bonchev–Trinajstić information content (AvgIpc) is 2.97. The van der Waals surface area contributed by atoms with Gasteiger partial charge in [-0.15, -0.1) is 0 Å². The second-order valence-electron chi connectivity index (χ2n) is 5.84. The summed E-state index contributed by atoms with van der Waals surface area (Å²) in [6.07, 6.45) is 2.01. The Labute approximate surface area is 155 Å². The lowest BCUT2D eigenvalue weighted by atomic mass is 10.2. The van der Waals surface area contributed by atoms with Gasteiger partial charge in [0.25, 0.3) is 5.56 Å². The molecular formula is C15H16Cl2N4O3S. The molecule has 10 heteroatoms. The van der Waals surface area contributed by atoms with Gasteiger partial charge in [0, 0.05) is 26.3 Å². The largest absolute Gasteiger partial charge is 0.351 e. The molecule has 0 fully saturated rings. The van der Waals surface area contributed by atoms with E-state index in [1.807, 2.05) is 4.90 Å². The van der Waals surface area contributed by atoms with E-state index in [0.29, 0.717) is 13.0 Å². The fourth-order valence-corrected chi connectivity index (χ4v) is 3.90. The number of sulfonamides is 1. The van der Waals surface area contributed by atoms with Gasteiger partial charge in [-0.1, -0.05) is 23.2 Å². The summed E-state index contributed by atoms with van der Waals surface area (Å²) in [5.41, 5.74) is 1.32. The van der Waals surface area contributed by atoms with Gasteiger partial charge in [-0.2, -0.15) is 5.10 Å². The van der Waals surface area contributed by atoms with Crippen LogP contribution in [0.25, 0.3) is 0 Å². The molecule has 2 aromatic rings. The number of anilines is 1. The number of hydrogen-bond acceptors (Lipinski definition) is 5. The second-order valence-corrected chi connectivity index (χ2v) is 8.78. The Balaban J connectivity index is 1.91. The zero-order valence-corrected chi connectivity index (χ0v) is 15.9. The van der Waals surface area contributed by atoms with E-state index in [1.165, 1.54) is 29.3 Å². The van der Waals surface area contributed by atoms with Crippen molar-refractivity contribution in [1.29, 1.82) is 0 Å². The molecule has 0 saturated heterocycles. The summed E-state index contributed by atoms with van der Waals surface area (Å²) in [5.74, 6) is 0. The van der Waals surface area contributed by atoms with Gasteiger partial charge in [-0.25, -0.2) is 17.4 Å². The predicted octanol–water partition coefficient (Wildman–Crippen LogP) is 1.82. The van der Waals surface area contributed by atoms with Crippen LogP contribution in [0.4, 0.5) is 5.69 Å². The molecule has 0 aliphatic carbocycles. The highest BCUT2D eigenvalue weighted by atomic mass is 35.5. The van der Waals surface area contributed by atoms with Crippen molar-refractivity contribution in [3.63, 3.8) is 0 Å². The molecule has 7 nitrogen and oxygen atoms in total. The van der Waals surface area contributed by atoms with Crippen LogP contribution < -0.4 is 10.5 Å². The number of aromatic nitrogens is 2. The first-order valence-corrected chi connectivity index (χ1v) is 9.63. The normalized spacial score (nSPS) is 14.2. The van der Waals surface area contributed by atoms with Crippen molar-refractivity contribution < 1.29 is 8.42 Å². The van der Waals surface area contributed by atoms with Gasteiger partial charge in [0.05, 0.1) is 16.1 Å². The molecule has 0 bridgehead atoms. The van der Waals surface area contributed by atoms with Crippen molar-refractivity contribution in [3.8, 4) is 0 Å². The summed E-state index contributed by atoms with van der Waals surface area (Å²) < 4.78 is 26.9. The molecule has 0 radical (unpaired) electrons. The van der Waals surface area contributed by atoms with Crippen molar-refractivity contribution in [2.24, 2.45) is 0 Å². The zero-order valence-electron chi connectivity index (χ0n) is 13.6. The Kier molecular flexibility index (Phi) is 4.80. The van der Waals surface area contributed by atoms with E-state index in [9.17, 15) is 13.2 Å². The van der Waals surface area contributed by atoms with Crippen LogP contribution in [0.3, 0.4) is 0 Å². The predicted molar refractivity (Wildman–Crippen MR) is 96.9 cm³/mol. The van der Waals surface area contributed by atoms with E-state index in [4.69, 9.17) is 23.2 Å². The molecule has 0 atom stereocenters. The highest BCUT2D eigenvalue weighted by Gasteiger charge is 2.24. The molecule has 25 heavy (non-hydrogen) atoms. The molecule has 1 aromatic heterocycles. The molecule has 0 amide bonds. The summed E-state index contributed by atoms with van der Waals surface area (Å²) in [6.45, 7) is 0.859. The Morgan fingerprint density at radius 2 is 2.00 bits per heavy atom. The Bertz CT molecular complexity index is 989. The monoisotopic (exact) mass is 402 g/mol. The number of hydrogen-bond donors (Lipinski definition) is 0. The van der Waals surface area contributed by atoms with E-state index in [2.05, 4.69) is 5.10 Å². The quantitative estimate of drug-likeness (QED) is 0.779. The standard InChI is InChI=1S/C15H16Cl2N4O3S/c1-19(2)25(23,24)11-3-4-13-10(7-11)5-6-20(13)9-21-15(22)14(17)12(16)8-18-21/h3-4,7-8H,5-6,9H2,1-2H3. The fraction of sp³-hybridized carbons (Fsp3) is 0.333. The maximum Gasteiger partial charge on any atom is 0.288 e. The maximum absolute atomic E-state index is 12.2. The first-order chi connectivity index (χ1) is 11.7. The summed E-state index contributed by atoms with van der Waals surface area (Å²) in [4.78, 5) is 14.3. The third-order valence-electron chi connectivity index (χ3n) is 4.07. The first-order valence-electron chi connectivity index (χ1n) is 7.43. The summed E-state index contributed by atoms with van der Waals surface area (Å²) in [5, 5.41) is 4.05. The van der Waals surface area contributed by atoms with E-state index in [1.54, 1.807) is 18.2 Å². The van der Waals surface area contributed by atoms with E-state index in [0.717, 1.165) is 11.3 Å². The smallest absolute Gasteiger partial charge is 0.288 e. The van der Waals surface area contributed by atoms with Gasteiger partial charge < -0.3 is 4.90 Å². The number of benzene rings is 1. The molecule has 0 spiro atoms. The minimum atomic E-state index is -3.48. The topological polar surface area (TPSA) is 75.5 Å². The highest BCUT2D eigenvalue weighted by molar-refractivity contribution is 7.89. The second kappa shape index (κ2) is 6.60. The molecule has 3 rings (SSSR count). The highest BCUT2D eigenvalue weighted by Crippen LogP contribution is 2.31. The summed E-state index contributed by atoms with van der Waals surface area (Å²) in [7, 11) is -0.482. The average molecular weight is 403 g/mol. The molecule has 0 saturated carbocycles. The van der Waals surface area contributed by atoms with E-state index < -0.39 is 15.6 Å². The van der Waals surface area contributed by atoms with Crippen LogP contribution in [0.5, 0.6) is 0 Å². The van der Waals surface area contributed by atoms with E-state index in [-0.39, 0.29) is 21.6 Å². The molecule has 2 heterocycles. The fourth-order valence-electron chi connectivity index (χ4n) is 2.67. The van der Waals surface area contributed by atoms with Crippen molar-refractivity contribution >= 4 is 38.9 Å². The zero-order chi connectivity index (χ0) is 18.4. The van der Waals surface area contributed by atoms with Crippen LogP contribution in [0.15, 0.2) is 34.1 Å². The minimum Gasteiger partial charge on any atom is -0.351 e. The molecular weight excluding hydrogens is 387 g/mol. The number of nitrogens with zero attached hydrogens (tertiary/aromatic N) is 4. The lowest BCUT2D eigenvalue weighted by Gasteiger charge is -2.20. The SMILES string of the molecule is CN(C)S(=O)(=O)c1ccc2c(c1)CCN2Cn1ncc(Cl)c(Cl)c1=O. The van der Waals surface area contributed by atoms with Crippen LogP contribution in [0, 0.1) is 0 Å². The molecule has 1 aliphatic rings. The summed E-state index contributed by atoms with van der Waals surface area (Å²) >= 11 is 11.7. The minimum absolute atomic E-state index is 0.0662. The number of rotatable bonds is 4. The van der Waals surface area contributed by atoms with Crippen molar-refractivity contribution in [1.82, 2.24) is 14.1 Å². The van der Waals surface area contributed by atoms with Crippen LogP contribution in [-0.2, 0) is 23.1 Å². The van der Waals surface area contributed by atoms with Crippen molar-refractivity contribution in [3.05, 3.63) is 50.4 Å². The van der Waals surface area contributed by atoms with Crippen molar-refractivity contribution in [2.45, 2.75) is 18.0 Å².